The number of rotatable bonds is 11. The summed E-state index contributed by atoms with van der Waals surface area (Å²) < 4.78 is 49.3. The molecule has 8 rings (SSSR count). The molecule has 0 bridgehead atoms. The van der Waals surface area contributed by atoms with Crippen molar-refractivity contribution in [3.8, 4) is 45.9 Å². The number of nitriles is 1. The number of ether oxygens (including phenoxy) is 2. The first-order chi connectivity index (χ1) is 26.6. The Labute approximate surface area is 313 Å². The Hall–Kier alpha value is -6.17. The third-order valence-corrected chi connectivity index (χ3v) is 10.4. The van der Waals surface area contributed by atoms with Crippen LogP contribution in [0.15, 0.2) is 69.5 Å². The predicted octanol–water partition coefficient (Wildman–Crippen LogP) is 7.51. The number of hydrogen-bond donors (Lipinski definition) is 2. The molecule has 2 atom stereocenters. The maximum absolute atomic E-state index is 13.5. The third-order valence-electron chi connectivity index (χ3n) is 10.4. The van der Waals surface area contributed by atoms with E-state index in [0.717, 1.165) is 33.4 Å². The monoisotopic (exact) mass is 747 g/mol. The van der Waals surface area contributed by atoms with Crippen LogP contribution in [0.5, 0.6) is 5.75 Å². The molecule has 2 aromatic heterocycles. The molecular weight excluding hydrogens is 712 g/mol. The number of carbonyl (C=O) groups excluding carboxylic acids is 1. The molecule has 0 saturated carbocycles. The van der Waals surface area contributed by atoms with Gasteiger partial charge in [-0.05, 0) is 91.4 Å². The fourth-order valence-electron chi connectivity index (χ4n) is 7.57. The SMILES string of the molecule is Cc1c(-c2nc3cc(CN4CCC[C@H]4C(=O)O)c(OC(F)F)cc3o2)cccc1-c1cccc(-c2nc3cc(CN[C@@H]4COC(=O)C4)cc(C#N)c3o2)c1C. The second-order valence-electron chi connectivity index (χ2n) is 13.8. The molecule has 4 heterocycles. The number of carboxylic acids is 1. The summed E-state index contributed by atoms with van der Waals surface area (Å²) in [6.07, 6.45) is 1.47. The lowest BCUT2D eigenvalue weighted by Gasteiger charge is -2.22. The van der Waals surface area contributed by atoms with E-state index in [4.69, 9.17) is 28.3 Å². The number of aliphatic carboxylic acids is 1. The van der Waals surface area contributed by atoms with Gasteiger partial charge in [-0.1, -0.05) is 24.3 Å². The smallest absolute Gasteiger partial charge is 0.387 e. The lowest BCUT2D eigenvalue weighted by molar-refractivity contribution is -0.142. The fraction of sp³-hybridized carbons (Fsp3) is 0.293. The molecule has 2 fully saturated rings. The number of cyclic esters (lactones) is 1. The van der Waals surface area contributed by atoms with Gasteiger partial charge in [0.1, 0.15) is 35.5 Å². The number of esters is 1. The van der Waals surface area contributed by atoms with Crippen LogP contribution in [0.4, 0.5) is 8.78 Å². The molecule has 2 saturated heterocycles. The van der Waals surface area contributed by atoms with Crippen molar-refractivity contribution in [2.45, 2.75) is 64.9 Å². The van der Waals surface area contributed by atoms with Gasteiger partial charge in [0.15, 0.2) is 11.2 Å². The van der Waals surface area contributed by atoms with Gasteiger partial charge in [-0.15, -0.1) is 0 Å². The first-order valence-corrected chi connectivity index (χ1v) is 17.8. The molecule has 0 aliphatic carbocycles. The minimum atomic E-state index is -3.08. The summed E-state index contributed by atoms with van der Waals surface area (Å²) in [6.45, 7) is 2.20. The molecule has 6 aromatic rings. The summed E-state index contributed by atoms with van der Waals surface area (Å²) in [4.78, 5) is 34.6. The molecule has 2 aliphatic heterocycles. The van der Waals surface area contributed by atoms with E-state index in [-0.39, 0.29) is 35.8 Å². The Kier molecular flexibility index (Phi) is 9.50. The average Bonchev–Trinajstić information content (AvgIpc) is 3.97. The first kappa shape index (κ1) is 35.8. The fourth-order valence-corrected chi connectivity index (χ4v) is 7.57. The summed E-state index contributed by atoms with van der Waals surface area (Å²) in [5.41, 5.74) is 8.15. The van der Waals surface area contributed by atoms with Gasteiger partial charge in [0.05, 0.1) is 18.0 Å². The Bertz CT molecular complexity index is 2520. The largest absolute Gasteiger partial charge is 0.480 e. The number of aromatic nitrogens is 2. The highest BCUT2D eigenvalue weighted by molar-refractivity contribution is 5.86. The minimum Gasteiger partial charge on any atom is -0.480 e. The van der Waals surface area contributed by atoms with Crippen LogP contribution < -0.4 is 10.1 Å². The molecule has 2 N–H and O–H groups in total. The van der Waals surface area contributed by atoms with E-state index in [1.165, 1.54) is 6.07 Å². The van der Waals surface area contributed by atoms with Gasteiger partial charge in [-0.2, -0.15) is 14.0 Å². The maximum atomic E-state index is 13.5. The van der Waals surface area contributed by atoms with E-state index in [2.05, 4.69) is 11.4 Å². The summed E-state index contributed by atoms with van der Waals surface area (Å²) >= 11 is 0. The summed E-state index contributed by atoms with van der Waals surface area (Å²) in [5, 5.41) is 22.9. The van der Waals surface area contributed by atoms with Crippen molar-refractivity contribution in [1.82, 2.24) is 20.2 Å². The van der Waals surface area contributed by atoms with Crippen LogP contribution in [0.1, 0.15) is 47.1 Å². The molecule has 4 aromatic carbocycles. The van der Waals surface area contributed by atoms with Crippen molar-refractivity contribution in [3.63, 3.8) is 0 Å². The quantitative estimate of drug-likeness (QED) is 0.126. The predicted molar refractivity (Wildman–Crippen MR) is 196 cm³/mol. The van der Waals surface area contributed by atoms with Crippen molar-refractivity contribution in [2.75, 3.05) is 13.2 Å². The van der Waals surface area contributed by atoms with E-state index >= 15 is 0 Å². The number of carboxylic acid groups (broad SMARTS) is 1. The van der Waals surface area contributed by atoms with Gasteiger partial charge in [0, 0.05) is 35.8 Å². The number of nitrogens with zero attached hydrogens (tertiary/aromatic N) is 4. The minimum absolute atomic E-state index is 0.0926. The molecule has 12 nitrogen and oxygen atoms in total. The van der Waals surface area contributed by atoms with Gasteiger partial charge in [0.25, 0.3) is 0 Å². The number of nitrogens with one attached hydrogen (secondary N) is 1. The number of fused-ring (bicyclic) bond motifs is 2. The van der Waals surface area contributed by atoms with Crippen LogP contribution in [0, 0.1) is 25.2 Å². The standard InChI is InChI=1S/C41H35F2N5O7/c1-21-27(6-3-8-29(21)38-46-31-14-25(19-48-11-5-10-33(48)40(50)51)34(54-41(42)43)16-35(31)53-38)28-7-4-9-30(22(28)2)39-47-32-13-23(12-24(17-44)37(32)55-39)18-45-26-15-36(49)52-20-26/h3-4,6-9,12-14,16,26,33,41,45H,5,10-11,15,18-20H2,1-2H3,(H,50,51)/t26-,33-/m0/s1. The summed E-state index contributed by atoms with van der Waals surface area (Å²) in [7, 11) is 0. The van der Waals surface area contributed by atoms with Gasteiger partial charge in [-0.3, -0.25) is 14.5 Å². The Balaban J connectivity index is 1.11. The van der Waals surface area contributed by atoms with Gasteiger partial charge in [0.2, 0.25) is 11.8 Å². The third kappa shape index (κ3) is 7.00. The Morgan fingerprint density at radius 2 is 1.71 bits per heavy atom. The van der Waals surface area contributed by atoms with Crippen LogP contribution >= 0.6 is 0 Å². The van der Waals surface area contributed by atoms with E-state index in [0.29, 0.717) is 78.2 Å². The van der Waals surface area contributed by atoms with Gasteiger partial charge < -0.3 is 28.7 Å². The number of halogens is 2. The molecule has 280 valence electrons. The van der Waals surface area contributed by atoms with Gasteiger partial charge in [-0.25, -0.2) is 9.97 Å². The summed E-state index contributed by atoms with van der Waals surface area (Å²) in [5.74, 6) is -0.637. The zero-order valence-electron chi connectivity index (χ0n) is 29.9. The van der Waals surface area contributed by atoms with Gasteiger partial charge >= 0.3 is 18.6 Å². The number of benzene rings is 4. The number of alkyl halides is 2. The van der Waals surface area contributed by atoms with E-state index in [1.54, 1.807) is 17.0 Å². The van der Waals surface area contributed by atoms with Crippen LogP contribution in [0.2, 0.25) is 0 Å². The van der Waals surface area contributed by atoms with Crippen molar-refractivity contribution in [2.24, 2.45) is 0 Å². The lowest BCUT2D eigenvalue weighted by Crippen LogP contribution is -2.35. The van der Waals surface area contributed by atoms with Crippen molar-refractivity contribution < 1.29 is 41.8 Å². The average molecular weight is 748 g/mol. The van der Waals surface area contributed by atoms with E-state index < -0.39 is 18.6 Å². The van der Waals surface area contributed by atoms with Crippen molar-refractivity contribution >= 4 is 34.1 Å². The van der Waals surface area contributed by atoms with E-state index in [1.807, 2.05) is 56.3 Å². The first-order valence-electron chi connectivity index (χ1n) is 17.8. The van der Waals surface area contributed by atoms with E-state index in [9.17, 15) is 28.7 Å². The molecule has 55 heavy (non-hydrogen) atoms. The highest BCUT2D eigenvalue weighted by atomic mass is 19.3. The highest BCUT2D eigenvalue weighted by Crippen LogP contribution is 2.39. The number of carbonyl (C=O) groups is 2. The second-order valence-corrected chi connectivity index (χ2v) is 13.8. The number of oxazole rings is 2. The number of likely N-dealkylation sites (tertiary alicyclic amines) is 1. The normalized spacial score (nSPS) is 17.3. The van der Waals surface area contributed by atoms with Crippen LogP contribution in [0.3, 0.4) is 0 Å². The zero-order valence-corrected chi connectivity index (χ0v) is 29.9. The maximum Gasteiger partial charge on any atom is 0.387 e. The molecule has 0 spiro atoms. The second kappa shape index (κ2) is 14.6. The van der Waals surface area contributed by atoms with Crippen LogP contribution in [0.25, 0.3) is 56.2 Å². The molecular formula is C41H35F2N5O7. The molecule has 0 unspecified atom stereocenters. The molecule has 0 amide bonds. The number of hydrogen-bond acceptors (Lipinski definition) is 11. The molecule has 14 heteroatoms. The Morgan fingerprint density at radius 3 is 2.36 bits per heavy atom. The topological polar surface area (TPSA) is 164 Å². The Morgan fingerprint density at radius 1 is 1.02 bits per heavy atom. The highest BCUT2D eigenvalue weighted by Gasteiger charge is 2.32. The van der Waals surface area contributed by atoms with Crippen LogP contribution in [-0.4, -0.2) is 63.8 Å². The zero-order chi connectivity index (χ0) is 38.4. The summed E-state index contributed by atoms with van der Waals surface area (Å²) in [6, 6.07) is 19.6. The molecule has 0 radical (unpaired) electrons. The van der Waals surface area contributed by atoms with Crippen LogP contribution in [-0.2, 0) is 27.4 Å². The van der Waals surface area contributed by atoms with Crippen molar-refractivity contribution in [3.05, 3.63) is 88.5 Å². The molecule has 2 aliphatic rings. The van der Waals surface area contributed by atoms with Crippen molar-refractivity contribution in [1.29, 1.82) is 5.26 Å². The lowest BCUT2D eigenvalue weighted by atomic mass is 9.91.